The largest absolute Gasteiger partial charge is 0.360 e. The highest BCUT2D eigenvalue weighted by Crippen LogP contribution is 2.31. The Hall–Kier alpha value is -1.88. The van der Waals surface area contributed by atoms with E-state index in [1.54, 1.807) is 11.3 Å². The van der Waals surface area contributed by atoms with Crippen molar-refractivity contribution in [2.45, 2.75) is 6.92 Å². The molecule has 4 nitrogen and oxygen atoms in total. The van der Waals surface area contributed by atoms with Crippen LogP contribution in [0.3, 0.4) is 0 Å². The third kappa shape index (κ3) is 1.78. The molecule has 1 aromatic carbocycles. The Morgan fingerprint density at radius 2 is 2.18 bits per heavy atom. The quantitative estimate of drug-likeness (QED) is 0.744. The van der Waals surface area contributed by atoms with Crippen molar-refractivity contribution in [3.8, 4) is 10.6 Å². The first-order valence-electron chi connectivity index (χ1n) is 5.52. The Morgan fingerprint density at radius 1 is 1.29 bits per heavy atom. The highest BCUT2D eigenvalue weighted by atomic mass is 32.1. The van der Waals surface area contributed by atoms with Crippen LogP contribution in [0.15, 0.2) is 30.5 Å². The molecule has 0 atom stereocenters. The van der Waals surface area contributed by atoms with Crippen LogP contribution >= 0.6 is 11.3 Å². The molecule has 0 saturated heterocycles. The third-order valence-electron chi connectivity index (χ3n) is 2.57. The lowest BCUT2D eigenvalue weighted by molar-refractivity contribution is 1.07. The van der Waals surface area contributed by atoms with Crippen molar-refractivity contribution in [3.63, 3.8) is 0 Å². The summed E-state index contributed by atoms with van der Waals surface area (Å²) in [7, 11) is 0. The molecule has 0 radical (unpaired) electrons. The Bertz CT molecular complexity index is 641. The summed E-state index contributed by atoms with van der Waals surface area (Å²) < 4.78 is 0. The van der Waals surface area contributed by atoms with Gasteiger partial charge in [-0.1, -0.05) is 29.5 Å². The van der Waals surface area contributed by atoms with Crippen molar-refractivity contribution in [1.82, 2.24) is 15.2 Å². The van der Waals surface area contributed by atoms with E-state index in [9.17, 15) is 0 Å². The highest BCUT2D eigenvalue weighted by Gasteiger charge is 2.10. The number of fused-ring (bicyclic) bond motifs is 1. The molecule has 5 heteroatoms. The minimum atomic E-state index is 0.864. The van der Waals surface area contributed by atoms with E-state index >= 15 is 0 Å². The summed E-state index contributed by atoms with van der Waals surface area (Å²) in [5.41, 5.74) is 2.24. The summed E-state index contributed by atoms with van der Waals surface area (Å²) >= 11 is 1.58. The van der Waals surface area contributed by atoms with Crippen molar-refractivity contribution < 1.29 is 0 Å². The summed E-state index contributed by atoms with van der Waals surface area (Å²) in [6.45, 7) is 2.91. The van der Waals surface area contributed by atoms with Gasteiger partial charge in [0, 0.05) is 29.2 Å². The first-order valence-corrected chi connectivity index (χ1v) is 6.34. The number of para-hydroxylation sites is 1. The second-order valence-corrected chi connectivity index (χ2v) is 4.67. The molecule has 17 heavy (non-hydrogen) atoms. The number of nitrogens with zero attached hydrogens (tertiary/aromatic N) is 2. The molecule has 0 unspecified atom stereocenters. The molecule has 2 heterocycles. The van der Waals surface area contributed by atoms with Gasteiger partial charge in [0.25, 0.3) is 0 Å². The molecule has 0 aliphatic rings. The zero-order valence-corrected chi connectivity index (χ0v) is 10.2. The van der Waals surface area contributed by atoms with Gasteiger partial charge in [-0.25, -0.2) is 0 Å². The molecule has 0 amide bonds. The maximum Gasteiger partial charge on any atom is 0.205 e. The van der Waals surface area contributed by atoms with E-state index in [0.29, 0.717) is 0 Å². The van der Waals surface area contributed by atoms with E-state index in [1.165, 1.54) is 5.39 Å². The predicted octanol–water partition coefficient (Wildman–Crippen LogP) is 3.12. The van der Waals surface area contributed by atoms with E-state index in [4.69, 9.17) is 0 Å². The average molecular weight is 244 g/mol. The normalized spacial score (nSPS) is 10.9. The summed E-state index contributed by atoms with van der Waals surface area (Å²) in [5.74, 6) is 0. The lowest BCUT2D eigenvalue weighted by Gasteiger charge is -1.93. The fraction of sp³-hybridized carbons (Fsp3) is 0.167. The van der Waals surface area contributed by atoms with Gasteiger partial charge in [-0.2, -0.15) is 0 Å². The second kappa shape index (κ2) is 4.18. The Kier molecular flexibility index (Phi) is 2.53. The SMILES string of the molecule is CCNc1nnc(-c2c[nH]c3ccccc23)s1. The average Bonchev–Trinajstić information content (AvgIpc) is 2.95. The number of benzene rings is 1. The fourth-order valence-corrected chi connectivity index (χ4v) is 2.64. The molecular weight excluding hydrogens is 232 g/mol. The van der Waals surface area contributed by atoms with Gasteiger partial charge < -0.3 is 10.3 Å². The number of hydrogen-bond donors (Lipinski definition) is 2. The molecule has 2 N–H and O–H groups in total. The van der Waals surface area contributed by atoms with Crippen LogP contribution in [0.1, 0.15) is 6.92 Å². The van der Waals surface area contributed by atoms with Crippen LogP contribution in [0.5, 0.6) is 0 Å². The van der Waals surface area contributed by atoms with Crippen LogP contribution in [0.4, 0.5) is 5.13 Å². The molecule has 0 saturated carbocycles. The monoisotopic (exact) mass is 244 g/mol. The minimum Gasteiger partial charge on any atom is -0.360 e. The highest BCUT2D eigenvalue weighted by molar-refractivity contribution is 7.18. The number of aromatic amines is 1. The standard InChI is InChI=1S/C12H12N4S/c1-2-13-12-16-15-11(17-12)9-7-14-10-6-4-3-5-8(9)10/h3-7,14H,2H2,1H3,(H,13,16). The Morgan fingerprint density at radius 3 is 3.06 bits per heavy atom. The minimum absolute atomic E-state index is 0.864. The zero-order chi connectivity index (χ0) is 11.7. The third-order valence-corrected chi connectivity index (χ3v) is 3.49. The maximum absolute atomic E-state index is 4.21. The molecule has 0 fully saturated rings. The molecule has 86 valence electrons. The molecule has 3 aromatic rings. The molecule has 0 bridgehead atoms. The van der Waals surface area contributed by atoms with Gasteiger partial charge in [0.2, 0.25) is 5.13 Å². The van der Waals surface area contributed by atoms with Gasteiger partial charge in [-0.3, -0.25) is 0 Å². The fourth-order valence-electron chi connectivity index (χ4n) is 1.80. The first-order chi connectivity index (χ1) is 8.38. The van der Waals surface area contributed by atoms with Crippen LogP contribution in [-0.4, -0.2) is 21.7 Å². The smallest absolute Gasteiger partial charge is 0.205 e. The lowest BCUT2D eigenvalue weighted by Crippen LogP contribution is -1.94. The second-order valence-electron chi connectivity index (χ2n) is 3.69. The number of anilines is 1. The molecule has 3 rings (SSSR count). The maximum atomic E-state index is 4.21. The van der Waals surface area contributed by atoms with Crippen LogP contribution < -0.4 is 5.32 Å². The van der Waals surface area contributed by atoms with Crippen molar-refractivity contribution >= 4 is 27.4 Å². The van der Waals surface area contributed by atoms with Crippen LogP contribution in [-0.2, 0) is 0 Å². The number of H-pyrrole nitrogens is 1. The summed E-state index contributed by atoms with van der Waals surface area (Å²) in [4.78, 5) is 3.25. The number of aromatic nitrogens is 3. The first kappa shape index (κ1) is 10.3. The molecule has 0 aliphatic heterocycles. The van der Waals surface area contributed by atoms with Crippen LogP contribution in [0.25, 0.3) is 21.5 Å². The van der Waals surface area contributed by atoms with Crippen molar-refractivity contribution in [1.29, 1.82) is 0 Å². The zero-order valence-electron chi connectivity index (χ0n) is 9.40. The van der Waals surface area contributed by atoms with E-state index in [0.717, 1.165) is 27.8 Å². The molecule has 2 aromatic heterocycles. The van der Waals surface area contributed by atoms with E-state index in [1.807, 2.05) is 25.3 Å². The van der Waals surface area contributed by atoms with Gasteiger partial charge in [0.15, 0.2) is 5.01 Å². The predicted molar refractivity (Wildman–Crippen MR) is 71.4 cm³/mol. The summed E-state index contributed by atoms with van der Waals surface area (Å²) in [6.07, 6.45) is 1.99. The van der Waals surface area contributed by atoms with Gasteiger partial charge in [0.1, 0.15) is 0 Å². The van der Waals surface area contributed by atoms with Crippen LogP contribution in [0, 0.1) is 0 Å². The summed E-state index contributed by atoms with van der Waals surface area (Å²) in [6, 6.07) is 8.21. The van der Waals surface area contributed by atoms with Gasteiger partial charge >= 0.3 is 0 Å². The number of rotatable bonds is 3. The van der Waals surface area contributed by atoms with E-state index in [-0.39, 0.29) is 0 Å². The van der Waals surface area contributed by atoms with Crippen LogP contribution in [0.2, 0.25) is 0 Å². The van der Waals surface area contributed by atoms with E-state index in [2.05, 4.69) is 32.6 Å². The topological polar surface area (TPSA) is 53.6 Å². The van der Waals surface area contributed by atoms with E-state index < -0.39 is 0 Å². The van der Waals surface area contributed by atoms with Gasteiger partial charge in [-0.15, -0.1) is 10.2 Å². The number of hydrogen-bond acceptors (Lipinski definition) is 4. The molecule has 0 aliphatic carbocycles. The van der Waals surface area contributed by atoms with Crippen molar-refractivity contribution in [3.05, 3.63) is 30.5 Å². The van der Waals surface area contributed by atoms with Crippen molar-refractivity contribution in [2.75, 3.05) is 11.9 Å². The lowest BCUT2D eigenvalue weighted by atomic mass is 10.2. The molecular formula is C12H12N4S. The molecule has 0 spiro atoms. The van der Waals surface area contributed by atoms with Crippen molar-refractivity contribution in [2.24, 2.45) is 0 Å². The summed E-state index contributed by atoms with van der Waals surface area (Å²) in [5, 5.41) is 14.5. The number of nitrogens with one attached hydrogen (secondary N) is 2. The Balaban J connectivity index is 2.07. The van der Waals surface area contributed by atoms with Gasteiger partial charge in [-0.05, 0) is 13.0 Å². The Labute approximate surface area is 103 Å². The van der Waals surface area contributed by atoms with Gasteiger partial charge in [0.05, 0.1) is 0 Å².